The molecule has 0 saturated carbocycles. The van der Waals surface area contributed by atoms with Crippen molar-refractivity contribution < 1.29 is 4.79 Å². The molecule has 3 heteroatoms. The molecule has 1 aromatic heterocycles. The van der Waals surface area contributed by atoms with Gasteiger partial charge in [0.2, 0.25) is 0 Å². The molecular formula is C24H22N2O. The summed E-state index contributed by atoms with van der Waals surface area (Å²) in [5.74, 6) is 3.24. The number of hydrogen-bond acceptors (Lipinski definition) is 2. The molecule has 0 radical (unpaired) electrons. The standard InChI is InChI=1S/C24H22N2O/c1-2-14-26-18-22(21-10-6-7-11-23(21)26)20-12-15-25(17-20)16-13-24(27)19-8-4-3-5-9-19/h1,3-11,13,16,18,20H,12,14-15,17H2. The third-order valence-electron chi connectivity index (χ3n) is 5.24. The molecule has 1 aliphatic rings. The average Bonchev–Trinajstić information content (AvgIpc) is 3.32. The number of aromatic nitrogens is 1. The molecule has 3 nitrogen and oxygen atoms in total. The van der Waals surface area contributed by atoms with Crippen molar-refractivity contribution in [2.75, 3.05) is 13.1 Å². The van der Waals surface area contributed by atoms with E-state index in [-0.39, 0.29) is 5.78 Å². The summed E-state index contributed by atoms with van der Waals surface area (Å²) in [5, 5.41) is 1.28. The number of rotatable bonds is 5. The minimum atomic E-state index is 0.0460. The Morgan fingerprint density at radius 3 is 2.74 bits per heavy atom. The summed E-state index contributed by atoms with van der Waals surface area (Å²) in [4.78, 5) is 14.5. The Labute approximate surface area is 159 Å². The highest BCUT2D eigenvalue weighted by atomic mass is 16.1. The van der Waals surface area contributed by atoms with Crippen LogP contribution in [-0.4, -0.2) is 28.3 Å². The summed E-state index contributed by atoms with van der Waals surface area (Å²) < 4.78 is 2.15. The minimum Gasteiger partial charge on any atom is -0.377 e. The largest absolute Gasteiger partial charge is 0.377 e. The first-order valence-corrected chi connectivity index (χ1v) is 9.29. The van der Waals surface area contributed by atoms with Crippen molar-refractivity contribution in [2.24, 2.45) is 0 Å². The summed E-state index contributed by atoms with van der Waals surface area (Å²) in [6, 6.07) is 17.8. The highest BCUT2D eigenvalue weighted by Gasteiger charge is 2.25. The molecule has 0 spiro atoms. The lowest BCUT2D eigenvalue weighted by atomic mass is 9.98. The molecule has 27 heavy (non-hydrogen) atoms. The van der Waals surface area contributed by atoms with E-state index in [1.165, 1.54) is 16.5 Å². The third kappa shape index (κ3) is 3.52. The molecule has 2 heterocycles. The van der Waals surface area contributed by atoms with Gasteiger partial charge in [-0.15, -0.1) is 6.42 Å². The highest BCUT2D eigenvalue weighted by Crippen LogP contribution is 2.34. The van der Waals surface area contributed by atoms with Crippen LogP contribution in [0.5, 0.6) is 0 Å². The molecule has 0 bridgehead atoms. The van der Waals surface area contributed by atoms with Crippen LogP contribution in [0, 0.1) is 12.3 Å². The van der Waals surface area contributed by atoms with Crippen LogP contribution in [0.15, 0.2) is 73.1 Å². The molecule has 4 rings (SSSR count). The second kappa shape index (κ2) is 7.55. The summed E-state index contributed by atoms with van der Waals surface area (Å²) >= 11 is 0. The lowest BCUT2D eigenvalue weighted by molar-refractivity contribution is 0.104. The second-order valence-electron chi connectivity index (χ2n) is 6.96. The van der Waals surface area contributed by atoms with E-state index in [4.69, 9.17) is 6.42 Å². The number of terminal acetylenes is 1. The van der Waals surface area contributed by atoms with Gasteiger partial charge in [-0.2, -0.15) is 0 Å². The number of carbonyl (C=O) groups is 1. The maximum Gasteiger partial charge on any atom is 0.187 e. The first-order chi connectivity index (χ1) is 13.3. The van der Waals surface area contributed by atoms with Crippen LogP contribution in [0.4, 0.5) is 0 Å². The van der Waals surface area contributed by atoms with E-state index in [2.05, 4.69) is 45.8 Å². The predicted octanol–water partition coefficient (Wildman–Crippen LogP) is 4.46. The molecule has 0 aliphatic carbocycles. The van der Waals surface area contributed by atoms with Crippen LogP contribution in [0.2, 0.25) is 0 Å². The van der Waals surface area contributed by atoms with Gasteiger partial charge in [0.05, 0.1) is 6.54 Å². The Morgan fingerprint density at radius 1 is 1.15 bits per heavy atom. The summed E-state index contributed by atoms with van der Waals surface area (Å²) in [5.41, 5.74) is 3.27. The van der Waals surface area contributed by atoms with E-state index in [1.54, 1.807) is 6.08 Å². The molecule has 2 aromatic carbocycles. The molecule has 1 fully saturated rings. The van der Waals surface area contributed by atoms with E-state index in [0.29, 0.717) is 12.5 Å². The van der Waals surface area contributed by atoms with E-state index in [0.717, 1.165) is 25.1 Å². The van der Waals surface area contributed by atoms with E-state index in [1.807, 2.05) is 36.5 Å². The summed E-state index contributed by atoms with van der Waals surface area (Å²) in [7, 11) is 0. The van der Waals surface area contributed by atoms with E-state index >= 15 is 0 Å². The molecule has 0 N–H and O–H groups in total. The molecule has 3 aromatic rings. The van der Waals surface area contributed by atoms with Crippen molar-refractivity contribution in [3.8, 4) is 12.3 Å². The lowest BCUT2D eigenvalue weighted by Crippen LogP contribution is -2.13. The topological polar surface area (TPSA) is 25.2 Å². The quantitative estimate of drug-likeness (QED) is 0.384. The first kappa shape index (κ1) is 17.2. The Balaban J connectivity index is 1.50. The van der Waals surface area contributed by atoms with Crippen molar-refractivity contribution in [2.45, 2.75) is 18.9 Å². The average molecular weight is 354 g/mol. The van der Waals surface area contributed by atoms with Gasteiger partial charge in [0.1, 0.15) is 0 Å². The fourth-order valence-electron chi connectivity index (χ4n) is 3.88. The fourth-order valence-corrected chi connectivity index (χ4v) is 3.88. The van der Waals surface area contributed by atoms with Gasteiger partial charge in [0.15, 0.2) is 5.78 Å². The number of para-hydroxylation sites is 1. The van der Waals surface area contributed by atoms with Crippen LogP contribution < -0.4 is 0 Å². The van der Waals surface area contributed by atoms with Gasteiger partial charge < -0.3 is 9.47 Å². The lowest BCUT2D eigenvalue weighted by Gasteiger charge is -2.13. The summed E-state index contributed by atoms with van der Waals surface area (Å²) in [6.07, 6.45) is 12.4. The first-order valence-electron chi connectivity index (χ1n) is 9.29. The van der Waals surface area contributed by atoms with Gasteiger partial charge in [-0.1, -0.05) is 54.5 Å². The van der Waals surface area contributed by atoms with Crippen LogP contribution in [0.3, 0.4) is 0 Å². The van der Waals surface area contributed by atoms with Crippen molar-refractivity contribution in [1.29, 1.82) is 0 Å². The van der Waals surface area contributed by atoms with Crippen LogP contribution in [0.25, 0.3) is 10.9 Å². The van der Waals surface area contributed by atoms with Gasteiger partial charge in [-0.3, -0.25) is 4.79 Å². The zero-order chi connectivity index (χ0) is 18.6. The predicted molar refractivity (Wildman–Crippen MR) is 110 cm³/mol. The van der Waals surface area contributed by atoms with Gasteiger partial charge in [-0.25, -0.2) is 0 Å². The smallest absolute Gasteiger partial charge is 0.187 e. The van der Waals surface area contributed by atoms with Gasteiger partial charge >= 0.3 is 0 Å². The molecular weight excluding hydrogens is 332 g/mol. The normalized spacial score (nSPS) is 16.9. The number of hydrogen-bond donors (Lipinski definition) is 0. The van der Waals surface area contributed by atoms with Gasteiger partial charge in [0, 0.05) is 53.9 Å². The van der Waals surface area contributed by atoms with Crippen LogP contribution in [0.1, 0.15) is 28.3 Å². The maximum atomic E-state index is 12.3. The number of ketones is 1. The zero-order valence-electron chi connectivity index (χ0n) is 15.2. The maximum absolute atomic E-state index is 12.3. The number of allylic oxidation sites excluding steroid dienone is 1. The minimum absolute atomic E-state index is 0.0460. The van der Waals surface area contributed by atoms with Crippen molar-refractivity contribution in [3.63, 3.8) is 0 Å². The number of carbonyl (C=O) groups excluding carboxylic acids is 1. The number of benzene rings is 2. The summed E-state index contributed by atoms with van der Waals surface area (Å²) in [6.45, 7) is 2.46. The van der Waals surface area contributed by atoms with Crippen molar-refractivity contribution >= 4 is 16.7 Å². The molecule has 1 saturated heterocycles. The Kier molecular flexibility index (Phi) is 4.80. The van der Waals surface area contributed by atoms with Crippen molar-refractivity contribution in [1.82, 2.24) is 9.47 Å². The number of likely N-dealkylation sites (tertiary alicyclic amines) is 1. The fraction of sp³-hybridized carbons (Fsp3) is 0.208. The van der Waals surface area contributed by atoms with Crippen LogP contribution >= 0.6 is 0 Å². The Bertz CT molecular complexity index is 1020. The molecule has 1 atom stereocenters. The molecule has 134 valence electrons. The monoisotopic (exact) mass is 354 g/mol. The third-order valence-corrected chi connectivity index (χ3v) is 5.24. The van der Waals surface area contributed by atoms with Gasteiger partial charge in [-0.05, 0) is 18.1 Å². The van der Waals surface area contributed by atoms with Crippen molar-refractivity contribution in [3.05, 3.63) is 84.2 Å². The SMILES string of the molecule is C#CCn1cc(C2CCN(C=CC(=O)c3ccccc3)C2)c2ccccc21. The highest BCUT2D eigenvalue weighted by molar-refractivity contribution is 6.04. The number of fused-ring (bicyclic) bond motifs is 1. The van der Waals surface area contributed by atoms with Crippen LogP contribution in [-0.2, 0) is 6.54 Å². The molecule has 1 aliphatic heterocycles. The van der Waals surface area contributed by atoms with E-state index < -0.39 is 0 Å². The molecule has 1 unspecified atom stereocenters. The Hall–Kier alpha value is -3.25. The van der Waals surface area contributed by atoms with Gasteiger partial charge in [0.25, 0.3) is 0 Å². The second-order valence-corrected chi connectivity index (χ2v) is 6.96. The molecule has 0 amide bonds. The zero-order valence-corrected chi connectivity index (χ0v) is 15.2. The number of nitrogens with zero attached hydrogens (tertiary/aromatic N) is 2. The van der Waals surface area contributed by atoms with E-state index in [9.17, 15) is 4.79 Å². The Morgan fingerprint density at radius 2 is 1.93 bits per heavy atom.